The Bertz CT molecular complexity index is 763. The summed E-state index contributed by atoms with van der Waals surface area (Å²) in [6.45, 7) is 3.60. The van der Waals surface area contributed by atoms with Crippen molar-refractivity contribution >= 4 is 19.7 Å². The monoisotopic (exact) mass is 357 g/mol. The van der Waals surface area contributed by atoms with E-state index < -0.39 is 31.0 Å². The highest BCUT2D eigenvalue weighted by atomic mass is 32.2. The van der Waals surface area contributed by atoms with E-state index in [2.05, 4.69) is 0 Å². The molecule has 1 aromatic rings. The number of sulfone groups is 2. The van der Waals surface area contributed by atoms with Gasteiger partial charge in [0.25, 0.3) is 0 Å². The summed E-state index contributed by atoms with van der Waals surface area (Å²) in [5.74, 6) is -0.296. The molecule has 2 fully saturated rings. The Morgan fingerprint density at radius 3 is 2.26 bits per heavy atom. The predicted octanol–water partition coefficient (Wildman–Crippen LogP) is 1.28. The maximum atomic E-state index is 13.0. The van der Waals surface area contributed by atoms with E-state index in [-0.39, 0.29) is 16.4 Å². The van der Waals surface area contributed by atoms with Gasteiger partial charge in [-0.25, -0.2) is 16.8 Å². The molecule has 2 aliphatic heterocycles. The molecule has 7 heteroatoms. The molecule has 1 aromatic carbocycles. The summed E-state index contributed by atoms with van der Waals surface area (Å²) in [6, 6.07) is 6.43. The van der Waals surface area contributed by atoms with E-state index in [0.29, 0.717) is 0 Å². The Kier molecular flexibility index (Phi) is 4.55. The van der Waals surface area contributed by atoms with Crippen molar-refractivity contribution in [1.29, 1.82) is 0 Å². The number of likely N-dealkylation sites (tertiary alicyclic amines) is 1. The number of benzene rings is 1. The first-order valence-electron chi connectivity index (χ1n) is 8.11. The van der Waals surface area contributed by atoms with Crippen LogP contribution in [0.4, 0.5) is 0 Å². The van der Waals surface area contributed by atoms with Gasteiger partial charge in [-0.05, 0) is 50.0 Å². The van der Waals surface area contributed by atoms with Gasteiger partial charge in [-0.15, -0.1) is 0 Å². The second-order valence-electron chi connectivity index (χ2n) is 6.47. The Hall–Kier alpha value is -0.920. The van der Waals surface area contributed by atoms with Gasteiger partial charge in [-0.1, -0.05) is 19.1 Å². The molecule has 2 aliphatic rings. The highest BCUT2D eigenvalue weighted by Gasteiger charge is 2.48. The molecule has 0 radical (unpaired) electrons. The third-order valence-corrected chi connectivity index (χ3v) is 9.07. The van der Waals surface area contributed by atoms with Crippen LogP contribution in [0.5, 0.6) is 0 Å². The third-order valence-electron chi connectivity index (χ3n) is 4.94. The van der Waals surface area contributed by atoms with Crippen LogP contribution in [0.2, 0.25) is 0 Å². The number of aryl methyl sites for hydroxylation is 1. The summed E-state index contributed by atoms with van der Waals surface area (Å²) < 4.78 is 50.2. The highest BCUT2D eigenvalue weighted by molar-refractivity contribution is 7.96. The van der Waals surface area contributed by atoms with Crippen molar-refractivity contribution in [2.75, 3.05) is 24.6 Å². The molecule has 2 heterocycles. The summed E-state index contributed by atoms with van der Waals surface area (Å²) in [4.78, 5) is 2.29. The van der Waals surface area contributed by atoms with Crippen LogP contribution in [0.3, 0.4) is 0 Å². The van der Waals surface area contributed by atoms with Gasteiger partial charge in [0.2, 0.25) is 0 Å². The van der Waals surface area contributed by atoms with E-state index in [1.54, 1.807) is 24.3 Å². The van der Waals surface area contributed by atoms with Gasteiger partial charge < -0.3 is 0 Å². The van der Waals surface area contributed by atoms with E-state index in [9.17, 15) is 16.8 Å². The smallest absolute Gasteiger partial charge is 0.183 e. The lowest BCUT2D eigenvalue weighted by Gasteiger charge is -2.27. The van der Waals surface area contributed by atoms with Gasteiger partial charge in [0.05, 0.1) is 21.7 Å². The second kappa shape index (κ2) is 6.18. The summed E-state index contributed by atoms with van der Waals surface area (Å²) in [5, 5.41) is -0.849. The van der Waals surface area contributed by atoms with Crippen LogP contribution < -0.4 is 0 Å². The molecule has 2 atom stereocenters. The Labute approximate surface area is 138 Å². The van der Waals surface area contributed by atoms with Gasteiger partial charge in [-0.3, -0.25) is 4.90 Å². The molecule has 3 rings (SSSR count). The summed E-state index contributed by atoms with van der Waals surface area (Å²) in [5.41, 5.74) is 1.07. The molecule has 0 saturated carbocycles. The normalized spacial score (nSPS) is 28.2. The van der Waals surface area contributed by atoms with E-state index in [0.717, 1.165) is 37.9 Å². The largest absolute Gasteiger partial charge is 0.298 e. The van der Waals surface area contributed by atoms with Crippen LogP contribution in [0.15, 0.2) is 29.2 Å². The Morgan fingerprint density at radius 1 is 1.09 bits per heavy atom. The fourth-order valence-electron chi connectivity index (χ4n) is 3.60. The minimum absolute atomic E-state index is 0.0378. The molecule has 0 aromatic heterocycles. The minimum Gasteiger partial charge on any atom is -0.298 e. The van der Waals surface area contributed by atoms with Crippen molar-refractivity contribution in [3.63, 3.8) is 0 Å². The Balaban J connectivity index is 1.95. The van der Waals surface area contributed by atoms with E-state index in [1.807, 2.05) is 11.8 Å². The fraction of sp³-hybridized carbons (Fsp3) is 0.625. The molecule has 0 N–H and O–H groups in total. The fourth-order valence-corrected chi connectivity index (χ4v) is 8.43. The van der Waals surface area contributed by atoms with Crippen molar-refractivity contribution < 1.29 is 16.8 Å². The summed E-state index contributed by atoms with van der Waals surface area (Å²) >= 11 is 0. The Morgan fingerprint density at radius 2 is 1.70 bits per heavy atom. The topological polar surface area (TPSA) is 71.5 Å². The quantitative estimate of drug-likeness (QED) is 0.812. The van der Waals surface area contributed by atoms with Crippen molar-refractivity contribution in [1.82, 2.24) is 4.90 Å². The zero-order chi connectivity index (χ0) is 16.7. The second-order valence-corrected chi connectivity index (χ2v) is 10.8. The molecular weight excluding hydrogens is 334 g/mol. The van der Waals surface area contributed by atoms with E-state index in [1.165, 1.54) is 0 Å². The zero-order valence-corrected chi connectivity index (χ0v) is 14.9. The number of rotatable bonds is 4. The van der Waals surface area contributed by atoms with E-state index in [4.69, 9.17) is 0 Å². The zero-order valence-electron chi connectivity index (χ0n) is 13.3. The average Bonchev–Trinajstić information content (AvgIpc) is 3.14. The summed E-state index contributed by atoms with van der Waals surface area (Å²) in [6.07, 6.45) is 2.86. The third kappa shape index (κ3) is 3.32. The van der Waals surface area contributed by atoms with Gasteiger partial charge in [0, 0.05) is 6.04 Å². The van der Waals surface area contributed by atoms with Gasteiger partial charge in [0.1, 0.15) is 0 Å². The summed E-state index contributed by atoms with van der Waals surface area (Å²) in [7, 11) is -6.95. The van der Waals surface area contributed by atoms with Crippen LogP contribution in [-0.4, -0.2) is 57.6 Å². The molecule has 0 unspecified atom stereocenters. The van der Waals surface area contributed by atoms with E-state index >= 15 is 0 Å². The highest BCUT2D eigenvalue weighted by Crippen LogP contribution is 2.30. The number of nitrogens with zero attached hydrogens (tertiary/aromatic N) is 1. The molecule has 23 heavy (non-hydrogen) atoms. The number of hydrogen-bond acceptors (Lipinski definition) is 5. The van der Waals surface area contributed by atoms with Crippen LogP contribution in [0.1, 0.15) is 25.3 Å². The van der Waals surface area contributed by atoms with Crippen molar-refractivity contribution in [2.24, 2.45) is 0 Å². The van der Waals surface area contributed by atoms with Gasteiger partial charge in [-0.2, -0.15) is 0 Å². The molecule has 128 valence electrons. The van der Waals surface area contributed by atoms with Crippen molar-refractivity contribution in [2.45, 2.75) is 42.4 Å². The van der Waals surface area contributed by atoms with Crippen LogP contribution in [0.25, 0.3) is 0 Å². The number of hydrogen-bond donors (Lipinski definition) is 0. The molecule has 0 spiro atoms. The van der Waals surface area contributed by atoms with Crippen LogP contribution in [0, 0.1) is 0 Å². The molecule has 0 amide bonds. The maximum Gasteiger partial charge on any atom is 0.183 e. The molecular formula is C16H23NO4S2. The molecule has 0 bridgehead atoms. The average molecular weight is 357 g/mol. The van der Waals surface area contributed by atoms with Gasteiger partial charge >= 0.3 is 0 Å². The molecule has 2 saturated heterocycles. The standard InChI is InChI=1S/C16H23NO4S2/c1-2-13-5-7-14(8-6-13)23(20,21)16-12-22(18,19)11-15(16)17-9-3-4-10-17/h5-8,15-16H,2-4,9-12H2,1H3/t15-,16-/m1/s1. The van der Waals surface area contributed by atoms with Crippen LogP contribution >= 0.6 is 0 Å². The lowest BCUT2D eigenvalue weighted by atomic mass is 10.2. The minimum atomic E-state index is -3.64. The predicted molar refractivity (Wildman–Crippen MR) is 90.0 cm³/mol. The molecule has 0 aliphatic carbocycles. The molecule has 5 nitrogen and oxygen atoms in total. The van der Waals surface area contributed by atoms with Gasteiger partial charge in [0.15, 0.2) is 19.7 Å². The lowest BCUT2D eigenvalue weighted by molar-refractivity contribution is 0.264. The first-order valence-corrected chi connectivity index (χ1v) is 11.5. The first kappa shape index (κ1) is 16.9. The van der Waals surface area contributed by atoms with Crippen molar-refractivity contribution in [3.05, 3.63) is 29.8 Å². The maximum absolute atomic E-state index is 13.0. The van der Waals surface area contributed by atoms with Crippen LogP contribution in [-0.2, 0) is 26.1 Å². The first-order chi connectivity index (χ1) is 10.8. The lowest BCUT2D eigenvalue weighted by Crippen LogP contribution is -2.45. The SMILES string of the molecule is CCc1ccc(S(=O)(=O)[C@@H]2CS(=O)(=O)C[C@H]2N2CCCC2)cc1. The van der Waals surface area contributed by atoms with Crippen molar-refractivity contribution in [3.8, 4) is 0 Å².